The Morgan fingerprint density at radius 2 is 2.17 bits per heavy atom. The van der Waals surface area contributed by atoms with E-state index < -0.39 is 12.0 Å². The molecule has 1 atom stereocenters. The van der Waals surface area contributed by atoms with Crippen molar-refractivity contribution in [3.63, 3.8) is 0 Å². The standard InChI is InChI=1S/C8H13NO3/c1-2-3-7(10)6(9)4-5-8(11)12/h2,6H,1,3-5,9H2,(H,11,12)/t6-/m0/s1. The van der Waals surface area contributed by atoms with Crippen LogP contribution < -0.4 is 5.73 Å². The van der Waals surface area contributed by atoms with Gasteiger partial charge in [-0.2, -0.15) is 0 Å². The van der Waals surface area contributed by atoms with Gasteiger partial charge in [0.1, 0.15) is 0 Å². The van der Waals surface area contributed by atoms with E-state index in [4.69, 9.17) is 10.8 Å². The quantitative estimate of drug-likeness (QED) is 0.564. The fraction of sp³-hybridized carbons (Fsp3) is 0.500. The van der Waals surface area contributed by atoms with Crippen LogP contribution in [0.3, 0.4) is 0 Å². The van der Waals surface area contributed by atoms with E-state index in [0.29, 0.717) is 0 Å². The van der Waals surface area contributed by atoms with Gasteiger partial charge in [-0.15, -0.1) is 6.58 Å². The van der Waals surface area contributed by atoms with E-state index in [0.717, 1.165) is 0 Å². The van der Waals surface area contributed by atoms with Crippen molar-refractivity contribution in [3.8, 4) is 0 Å². The second-order valence-corrected chi connectivity index (χ2v) is 2.50. The topological polar surface area (TPSA) is 80.4 Å². The van der Waals surface area contributed by atoms with Gasteiger partial charge in [0.05, 0.1) is 6.04 Å². The lowest BCUT2D eigenvalue weighted by molar-refractivity contribution is -0.137. The average Bonchev–Trinajstić information content (AvgIpc) is 2.00. The molecular formula is C8H13NO3. The van der Waals surface area contributed by atoms with E-state index in [1.54, 1.807) is 0 Å². The minimum Gasteiger partial charge on any atom is -0.481 e. The summed E-state index contributed by atoms with van der Waals surface area (Å²) >= 11 is 0. The maximum atomic E-state index is 11.0. The highest BCUT2D eigenvalue weighted by Gasteiger charge is 2.12. The van der Waals surface area contributed by atoms with E-state index in [-0.39, 0.29) is 25.0 Å². The number of allylic oxidation sites excluding steroid dienone is 1. The van der Waals surface area contributed by atoms with Gasteiger partial charge >= 0.3 is 5.97 Å². The molecule has 0 aliphatic heterocycles. The van der Waals surface area contributed by atoms with E-state index in [9.17, 15) is 9.59 Å². The molecule has 0 aromatic carbocycles. The van der Waals surface area contributed by atoms with Crippen LogP contribution >= 0.6 is 0 Å². The molecule has 0 rings (SSSR count). The Morgan fingerprint density at radius 3 is 2.58 bits per heavy atom. The molecular weight excluding hydrogens is 158 g/mol. The van der Waals surface area contributed by atoms with Crippen LogP contribution in [0.1, 0.15) is 19.3 Å². The summed E-state index contributed by atoms with van der Waals surface area (Å²) in [5.41, 5.74) is 5.39. The van der Waals surface area contributed by atoms with E-state index in [1.807, 2.05) is 0 Å². The summed E-state index contributed by atoms with van der Waals surface area (Å²) in [5, 5.41) is 8.29. The third kappa shape index (κ3) is 4.62. The second-order valence-electron chi connectivity index (χ2n) is 2.50. The van der Waals surface area contributed by atoms with E-state index in [2.05, 4.69) is 6.58 Å². The predicted molar refractivity (Wildman–Crippen MR) is 44.7 cm³/mol. The molecule has 0 aliphatic rings. The largest absolute Gasteiger partial charge is 0.481 e. The second kappa shape index (κ2) is 5.49. The minimum atomic E-state index is -0.933. The first-order valence-electron chi connectivity index (χ1n) is 3.69. The fourth-order valence-corrected chi connectivity index (χ4v) is 0.734. The summed E-state index contributed by atoms with van der Waals surface area (Å²) < 4.78 is 0. The molecule has 0 saturated heterocycles. The third-order valence-corrected chi connectivity index (χ3v) is 1.43. The van der Waals surface area contributed by atoms with Crippen molar-refractivity contribution < 1.29 is 14.7 Å². The number of carboxylic acids is 1. The molecule has 0 unspecified atom stereocenters. The zero-order valence-electron chi connectivity index (χ0n) is 6.82. The molecule has 0 saturated carbocycles. The molecule has 3 N–H and O–H groups in total. The Kier molecular flexibility index (Phi) is 4.96. The van der Waals surface area contributed by atoms with Gasteiger partial charge < -0.3 is 10.8 Å². The number of aliphatic carboxylic acids is 1. The lowest BCUT2D eigenvalue weighted by atomic mass is 10.1. The number of rotatable bonds is 6. The van der Waals surface area contributed by atoms with Gasteiger partial charge in [-0.3, -0.25) is 9.59 Å². The fourth-order valence-electron chi connectivity index (χ4n) is 0.734. The van der Waals surface area contributed by atoms with E-state index in [1.165, 1.54) is 6.08 Å². The van der Waals surface area contributed by atoms with Crippen LogP contribution in [0, 0.1) is 0 Å². The predicted octanol–water partition coefficient (Wildman–Crippen LogP) is 0.324. The number of carbonyl (C=O) groups excluding carboxylic acids is 1. The molecule has 4 heteroatoms. The van der Waals surface area contributed by atoms with Crippen molar-refractivity contribution in [3.05, 3.63) is 12.7 Å². The van der Waals surface area contributed by atoms with Crippen LogP contribution in [0.4, 0.5) is 0 Å². The lowest BCUT2D eigenvalue weighted by Crippen LogP contribution is -2.30. The van der Waals surface area contributed by atoms with Crippen molar-refractivity contribution in [1.82, 2.24) is 0 Å². The first-order chi connectivity index (χ1) is 5.57. The molecule has 0 amide bonds. The Balaban J connectivity index is 3.70. The first kappa shape index (κ1) is 10.8. The van der Waals surface area contributed by atoms with Gasteiger partial charge in [-0.1, -0.05) is 6.08 Å². The smallest absolute Gasteiger partial charge is 0.303 e. The highest BCUT2D eigenvalue weighted by atomic mass is 16.4. The summed E-state index contributed by atoms with van der Waals surface area (Å²) in [6.45, 7) is 3.39. The molecule has 0 aromatic heterocycles. The molecule has 4 nitrogen and oxygen atoms in total. The van der Waals surface area contributed by atoms with Crippen molar-refractivity contribution >= 4 is 11.8 Å². The Hall–Kier alpha value is -1.16. The van der Waals surface area contributed by atoms with Crippen LogP contribution in [0.5, 0.6) is 0 Å². The third-order valence-electron chi connectivity index (χ3n) is 1.43. The van der Waals surface area contributed by atoms with Crippen LogP contribution in [-0.2, 0) is 9.59 Å². The van der Waals surface area contributed by atoms with E-state index >= 15 is 0 Å². The molecule has 0 aliphatic carbocycles. The van der Waals surface area contributed by atoms with Gasteiger partial charge in [0.15, 0.2) is 5.78 Å². The maximum absolute atomic E-state index is 11.0. The van der Waals surface area contributed by atoms with Crippen molar-refractivity contribution in [2.45, 2.75) is 25.3 Å². The number of carboxylic acid groups (broad SMARTS) is 1. The average molecular weight is 171 g/mol. The Labute approximate surface area is 71.1 Å². The molecule has 0 radical (unpaired) electrons. The van der Waals surface area contributed by atoms with Crippen LogP contribution in [0.2, 0.25) is 0 Å². The first-order valence-corrected chi connectivity index (χ1v) is 3.69. The van der Waals surface area contributed by atoms with Crippen molar-refractivity contribution in [1.29, 1.82) is 0 Å². The summed E-state index contributed by atoms with van der Waals surface area (Å²) in [4.78, 5) is 21.1. The number of hydrogen-bond donors (Lipinski definition) is 2. The molecule has 0 heterocycles. The highest BCUT2D eigenvalue weighted by Crippen LogP contribution is 1.98. The van der Waals surface area contributed by atoms with Gasteiger partial charge in [0, 0.05) is 12.8 Å². The SMILES string of the molecule is C=CCC(=O)[C@@H](N)CCC(=O)O. The Morgan fingerprint density at radius 1 is 1.58 bits per heavy atom. The van der Waals surface area contributed by atoms with Gasteiger partial charge in [0.25, 0.3) is 0 Å². The van der Waals surface area contributed by atoms with Gasteiger partial charge in [-0.05, 0) is 6.42 Å². The summed E-state index contributed by atoms with van der Waals surface area (Å²) in [5.74, 6) is -1.09. The maximum Gasteiger partial charge on any atom is 0.303 e. The van der Waals surface area contributed by atoms with Gasteiger partial charge in [-0.25, -0.2) is 0 Å². The Bertz CT molecular complexity index is 189. The molecule has 0 fully saturated rings. The minimum absolute atomic E-state index is 0.0654. The molecule has 0 spiro atoms. The zero-order chi connectivity index (χ0) is 9.56. The number of carbonyl (C=O) groups is 2. The van der Waals surface area contributed by atoms with Crippen LogP contribution in [-0.4, -0.2) is 22.9 Å². The number of hydrogen-bond acceptors (Lipinski definition) is 3. The molecule has 0 bridgehead atoms. The van der Waals surface area contributed by atoms with Crippen molar-refractivity contribution in [2.24, 2.45) is 5.73 Å². The molecule has 68 valence electrons. The normalized spacial score (nSPS) is 12.1. The lowest BCUT2D eigenvalue weighted by Gasteiger charge is -2.06. The van der Waals surface area contributed by atoms with Gasteiger partial charge in [0.2, 0.25) is 0 Å². The number of nitrogens with two attached hydrogens (primary N) is 1. The summed E-state index contributed by atoms with van der Waals surface area (Å²) in [6, 6.07) is -0.668. The van der Waals surface area contributed by atoms with Crippen LogP contribution in [0.25, 0.3) is 0 Å². The number of Topliss-reactive ketones (excluding diaryl/α,β-unsaturated/α-hetero) is 1. The number of ketones is 1. The summed E-state index contributed by atoms with van der Waals surface area (Å²) in [7, 11) is 0. The van der Waals surface area contributed by atoms with Crippen molar-refractivity contribution in [2.75, 3.05) is 0 Å². The molecule has 0 aromatic rings. The summed E-state index contributed by atoms with van der Waals surface area (Å²) in [6.07, 6.45) is 1.80. The van der Waals surface area contributed by atoms with Crippen LogP contribution in [0.15, 0.2) is 12.7 Å². The highest BCUT2D eigenvalue weighted by molar-refractivity contribution is 5.85. The molecule has 12 heavy (non-hydrogen) atoms. The zero-order valence-corrected chi connectivity index (χ0v) is 6.82. The monoisotopic (exact) mass is 171 g/mol.